The Hall–Kier alpha value is -1.25. The molecule has 0 aliphatic carbocycles. The highest BCUT2D eigenvalue weighted by molar-refractivity contribution is 8.00. The molecular weight excluding hydrogens is 427 g/mol. The molecule has 0 fully saturated rings. The maximum absolute atomic E-state index is 12.4. The number of rotatable bonds is 7. The van der Waals surface area contributed by atoms with Crippen LogP contribution in [0.1, 0.15) is 20.8 Å². The van der Waals surface area contributed by atoms with Gasteiger partial charge in [0.05, 0.1) is 15.2 Å². The second-order valence-corrected chi connectivity index (χ2v) is 10.1. The van der Waals surface area contributed by atoms with Gasteiger partial charge in [-0.2, -0.15) is 0 Å². The van der Waals surface area contributed by atoms with E-state index in [1.807, 2.05) is 0 Å². The molecule has 0 spiro atoms. The van der Waals surface area contributed by atoms with Gasteiger partial charge in [0.15, 0.2) is 0 Å². The van der Waals surface area contributed by atoms with E-state index >= 15 is 0 Å². The summed E-state index contributed by atoms with van der Waals surface area (Å²) in [5, 5.41) is 3.41. The third-order valence-corrected chi connectivity index (χ3v) is 6.90. The summed E-state index contributed by atoms with van der Waals surface area (Å²) in [7, 11) is -3.56. The van der Waals surface area contributed by atoms with Crippen molar-refractivity contribution >= 4 is 56.6 Å². The quantitative estimate of drug-likeness (QED) is 0.598. The van der Waals surface area contributed by atoms with Gasteiger partial charge in [-0.15, -0.1) is 11.8 Å². The maximum Gasteiger partial charge on any atom is 0.240 e. The summed E-state index contributed by atoms with van der Waals surface area (Å²) in [5.41, 5.74) is 0.508. The molecule has 1 amide bonds. The van der Waals surface area contributed by atoms with Crippen molar-refractivity contribution in [2.45, 2.75) is 41.9 Å². The van der Waals surface area contributed by atoms with Crippen LogP contribution in [0.4, 0.5) is 5.69 Å². The van der Waals surface area contributed by atoms with Crippen molar-refractivity contribution in [2.24, 2.45) is 0 Å². The van der Waals surface area contributed by atoms with E-state index < -0.39 is 15.3 Å². The van der Waals surface area contributed by atoms with Crippen LogP contribution in [0, 0.1) is 0 Å². The molecule has 0 saturated carbocycles. The Kier molecular flexibility index (Phi) is 7.59. The van der Waals surface area contributed by atoms with Gasteiger partial charge in [0.25, 0.3) is 0 Å². The van der Waals surface area contributed by atoms with Crippen molar-refractivity contribution < 1.29 is 13.2 Å². The Morgan fingerprint density at radius 1 is 1.04 bits per heavy atom. The molecule has 2 aromatic carbocycles. The number of thioether (sulfide) groups is 1. The van der Waals surface area contributed by atoms with Gasteiger partial charge in [0.2, 0.25) is 15.9 Å². The van der Waals surface area contributed by atoms with E-state index in [1.165, 1.54) is 23.9 Å². The molecule has 0 aromatic heterocycles. The molecule has 0 aliphatic heterocycles. The lowest BCUT2D eigenvalue weighted by atomic mass is 10.3. The molecule has 2 rings (SSSR count). The number of hydrogen-bond donors (Lipinski definition) is 2. The van der Waals surface area contributed by atoms with E-state index in [2.05, 4.69) is 10.0 Å². The Bertz CT molecular complexity index is 917. The number of amides is 1. The Morgan fingerprint density at radius 3 is 2.26 bits per heavy atom. The smallest absolute Gasteiger partial charge is 0.240 e. The van der Waals surface area contributed by atoms with Crippen molar-refractivity contribution in [2.75, 3.05) is 5.32 Å². The summed E-state index contributed by atoms with van der Waals surface area (Å²) in [6.45, 7) is 5.25. The fourth-order valence-corrected chi connectivity index (χ4v) is 4.81. The number of halogens is 2. The minimum Gasteiger partial charge on any atom is -0.325 e. The largest absolute Gasteiger partial charge is 0.325 e. The van der Waals surface area contributed by atoms with Gasteiger partial charge in [-0.3, -0.25) is 4.79 Å². The topological polar surface area (TPSA) is 75.3 Å². The van der Waals surface area contributed by atoms with Crippen LogP contribution < -0.4 is 10.0 Å². The molecule has 9 heteroatoms. The van der Waals surface area contributed by atoms with Gasteiger partial charge in [0.1, 0.15) is 0 Å². The summed E-state index contributed by atoms with van der Waals surface area (Å²) in [5.74, 6) is -0.230. The molecule has 5 nitrogen and oxygen atoms in total. The van der Waals surface area contributed by atoms with Gasteiger partial charge < -0.3 is 5.32 Å². The zero-order chi connectivity index (χ0) is 20.2. The molecule has 1 atom stereocenters. The SMILES string of the molecule is CC(C)NS(=O)(=O)c1ccc(NC(=O)C(C)Sc2cc(Cl)ccc2Cl)cc1. The van der Waals surface area contributed by atoms with E-state index in [-0.39, 0.29) is 16.8 Å². The first kappa shape index (κ1) is 22.0. The first-order valence-corrected chi connectivity index (χ1v) is 11.3. The standard InChI is InChI=1S/C18H20Cl2N2O3S2/c1-11(2)22-27(24,25)15-7-5-14(6-8-15)21-18(23)12(3)26-17-10-13(19)4-9-16(17)20/h4-12,22H,1-3H3,(H,21,23). The minimum atomic E-state index is -3.56. The molecular formula is C18H20Cl2N2O3S2. The first-order valence-electron chi connectivity index (χ1n) is 8.13. The number of hydrogen-bond acceptors (Lipinski definition) is 4. The molecule has 1 unspecified atom stereocenters. The van der Waals surface area contributed by atoms with Gasteiger partial charge >= 0.3 is 0 Å². The molecule has 27 heavy (non-hydrogen) atoms. The van der Waals surface area contributed by atoms with Crippen molar-refractivity contribution in [1.82, 2.24) is 4.72 Å². The fraction of sp³-hybridized carbons (Fsp3) is 0.278. The van der Waals surface area contributed by atoms with E-state index in [9.17, 15) is 13.2 Å². The number of carbonyl (C=O) groups is 1. The predicted molar refractivity (Wildman–Crippen MR) is 112 cm³/mol. The van der Waals surface area contributed by atoms with Crippen LogP contribution in [0.15, 0.2) is 52.3 Å². The fourth-order valence-electron chi connectivity index (χ4n) is 2.15. The maximum atomic E-state index is 12.4. The Morgan fingerprint density at radius 2 is 1.67 bits per heavy atom. The number of nitrogens with one attached hydrogen (secondary N) is 2. The van der Waals surface area contributed by atoms with Crippen molar-refractivity contribution in [3.8, 4) is 0 Å². The molecule has 0 heterocycles. The number of sulfonamides is 1. The normalized spacial score (nSPS) is 12.8. The highest BCUT2D eigenvalue weighted by Gasteiger charge is 2.18. The van der Waals surface area contributed by atoms with Crippen molar-refractivity contribution in [3.63, 3.8) is 0 Å². The molecule has 0 radical (unpaired) electrons. The number of benzene rings is 2. The van der Waals surface area contributed by atoms with Crippen LogP contribution in [0.25, 0.3) is 0 Å². The monoisotopic (exact) mass is 446 g/mol. The Balaban J connectivity index is 2.04. The number of anilines is 1. The van der Waals surface area contributed by atoms with Gasteiger partial charge in [0, 0.05) is 21.6 Å². The zero-order valence-corrected chi connectivity index (χ0v) is 18.1. The van der Waals surface area contributed by atoms with Crippen LogP contribution in [-0.4, -0.2) is 25.6 Å². The molecule has 2 N–H and O–H groups in total. The zero-order valence-electron chi connectivity index (χ0n) is 15.0. The van der Waals surface area contributed by atoms with Crippen LogP contribution >= 0.6 is 35.0 Å². The van der Waals surface area contributed by atoms with E-state index in [1.54, 1.807) is 51.1 Å². The summed E-state index contributed by atoms with van der Waals surface area (Å²) >= 11 is 13.4. The van der Waals surface area contributed by atoms with Crippen LogP contribution in [0.5, 0.6) is 0 Å². The summed E-state index contributed by atoms with van der Waals surface area (Å²) < 4.78 is 26.8. The summed E-state index contributed by atoms with van der Waals surface area (Å²) in [4.78, 5) is 13.3. The van der Waals surface area contributed by atoms with Crippen LogP contribution in [-0.2, 0) is 14.8 Å². The van der Waals surface area contributed by atoms with Crippen LogP contribution in [0.2, 0.25) is 10.0 Å². The average molecular weight is 447 g/mol. The number of carbonyl (C=O) groups excluding carboxylic acids is 1. The third-order valence-electron chi connectivity index (χ3n) is 3.39. The molecule has 0 aliphatic rings. The molecule has 2 aromatic rings. The minimum absolute atomic E-state index is 0.141. The predicted octanol–water partition coefficient (Wildman–Crippen LogP) is 4.80. The first-order chi connectivity index (χ1) is 12.6. The summed E-state index contributed by atoms with van der Waals surface area (Å²) in [6.07, 6.45) is 0. The lowest BCUT2D eigenvalue weighted by Gasteiger charge is -2.14. The highest BCUT2D eigenvalue weighted by atomic mass is 35.5. The van der Waals surface area contributed by atoms with Crippen molar-refractivity contribution in [3.05, 3.63) is 52.5 Å². The van der Waals surface area contributed by atoms with E-state index in [4.69, 9.17) is 23.2 Å². The van der Waals surface area contributed by atoms with E-state index in [0.29, 0.717) is 20.6 Å². The van der Waals surface area contributed by atoms with Crippen molar-refractivity contribution in [1.29, 1.82) is 0 Å². The second-order valence-electron chi connectivity index (χ2n) is 6.12. The highest BCUT2D eigenvalue weighted by Crippen LogP contribution is 2.33. The second kappa shape index (κ2) is 9.30. The Labute approximate surface area is 173 Å². The average Bonchev–Trinajstić information content (AvgIpc) is 2.57. The summed E-state index contributed by atoms with van der Waals surface area (Å²) in [6, 6.07) is 10.9. The molecule has 0 bridgehead atoms. The van der Waals surface area contributed by atoms with Gasteiger partial charge in [-0.1, -0.05) is 23.2 Å². The molecule has 0 saturated heterocycles. The van der Waals surface area contributed by atoms with Gasteiger partial charge in [-0.05, 0) is 63.2 Å². The lowest BCUT2D eigenvalue weighted by molar-refractivity contribution is -0.115. The van der Waals surface area contributed by atoms with E-state index in [0.717, 1.165) is 0 Å². The van der Waals surface area contributed by atoms with Gasteiger partial charge in [-0.25, -0.2) is 13.1 Å². The molecule has 146 valence electrons. The van der Waals surface area contributed by atoms with Crippen LogP contribution in [0.3, 0.4) is 0 Å². The third kappa shape index (κ3) is 6.40. The lowest BCUT2D eigenvalue weighted by Crippen LogP contribution is -2.30.